The van der Waals surface area contributed by atoms with E-state index in [9.17, 15) is 9.59 Å². The molecule has 5 rings (SSSR count). The number of para-hydroxylation sites is 1. The number of fused-ring (bicyclic) bond motifs is 2. The molecule has 0 fully saturated rings. The second kappa shape index (κ2) is 11.1. The lowest BCUT2D eigenvalue weighted by molar-refractivity contribution is -0.113. The first kappa shape index (κ1) is 24.9. The van der Waals surface area contributed by atoms with Gasteiger partial charge in [-0.2, -0.15) is 0 Å². The zero-order valence-corrected chi connectivity index (χ0v) is 22.1. The van der Waals surface area contributed by atoms with Gasteiger partial charge in [-0.05, 0) is 55.0 Å². The molecule has 3 aromatic carbocycles. The lowest BCUT2D eigenvalue weighted by Crippen LogP contribution is -2.27. The van der Waals surface area contributed by atoms with E-state index in [1.54, 1.807) is 31.4 Å². The Morgan fingerprint density at radius 1 is 1.08 bits per heavy atom. The van der Waals surface area contributed by atoms with Gasteiger partial charge < -0.3 is 19.9 Å². The van der Waals surface area contributed by atoms with Gasteiger partial charge in [-0.3, -0.25) is 9.59 Å². The van der Waals surface area contributed by atoms with Gasteiger partial charge in [0.05, 0.1) is 23.1 Å². The third-order valence-corrected chi connectivity index (χ3v) is 7.87. The minimum absolute atomic E-state index is 0.0932. The quantitative estimate of drug-likeness (QED) is 0.238. The number of nitrogens with one attached hydrogen (secondary N) is 2. The summed E-state index contributed by atoms with van der Waals surface area (Å²) in [5.74, 6) is 0.765. The minimum Gasteiger partial charge on any atom is -0.497 e. The normalized spacial score (nSPS) is 11.1. The molecule has 37 heavy (non-hydrogen) atoms. The van der Waals surface area contributed by atoms with Crippen molar-refractivity contribution in [1.29, 1.82) is 0 Å². The Morgan fingerprint density at radius 2 is 1.89 bits per heavy atom. The molecule has 0 bridgehead atoms. The number of anilines is 1. The van der Waals surface area contributed by atoms with Crippen LogP contribution in [-0.4, -0.2) is 40.8 Å². The van der Waals surface area contributed by atoms with Crippen LogP contribution >= 0.6 is 23.1 Å². The van der Waals surface area contributed by atoms with Crippen LogP contribution in [0.25, 0.3) is 21.1 Å². The maximum absolute atomic E-state index is 12.7. The molecule has 0 radical (unpaired) electrons. The van der Waals surface area contributed by atoms with E-state index in [1.807, 2.05) is 43.5 Å². The summed E-state index contributed by atoms with van der Waals surface area (Å²) in [4.78, 5) is 30.7. The van der Waals surface area contributed by atoms with Crippen LogP contribution in [0.15, 0.2) is 77.8 Å². The number of amides is 2. The second-order valence-electron chi connectivity index (χ2n) is 8.52. The largest absolute Gasteiger partial charge is 0.497 e. The highest BCUT2D eigenvalue weighted by atomic mass is 32.2. The van der Waals surface area contributed by atoms with E-state index >= 15 is 0 Å². The Kier molecular flexibility index (Phi) is 7.43. The number of rotatable bonds is 9. The van der Waals surface area contributed by atoms with Crippen molar-refractivity contribution in [2.75, 3.05) is 24.7 Å². The van der Waals surface area contributed by atoms with Gasteiger partial charge in [-0.25, -0.2) is 4.98 Å². The van der Waals surface area contributed by atoms with Crippen molar-refractivity contribution in [2.45, 2.75) is 18.4 Å². The van der Waals surface area contributed by atoms with Gasteiger partial charge in [0.15, 0.2) is 5.13 Å². The van der Waals surface area contributed by atoms with Crippen molar-refractivity contribution in [3.63, 3.8) is 0 Å². The number of nitrogens with zero attached hydrogens (tertiary/aromatic N) is 2. The smallest absolute Gasteiger partial charge is 0.251 e. The molecule has 2 N–H and O–H groups in total. The van der Waals surface area contributed by atoms with Gasteiger partial charge in [0.25, 0.3) is 5.91 Å². The van der Waals surface area contributed by atoms with Crippen molar-refractivity contribution < 1.29 is 14.3 Å². The second-order valence-corrected chi connectivity index (χ2v) is 10.6. The summed E-state index contributed by atoms with van der Waals surface area (Å²) in [6, 6.07) is 21.2. The molecular weight excluding hydrogens is 504 g/mol. The van der Waals surface area contributed by atoms with E-state index in [0.717, 1.165) is 26.0 Å². The van der Waals surface area contributed by atoms with Crippen molar-refractivity contribution in [2.24, 2.45) is 0 Å². The number of carbonyl (C=O) groups is 2. The van der Waals surface area contributed by atoms with Crippen molar-refractivity contribution in [1.82, 2.24) is 14.9 Å². The van der Waals surface area contributed by atoms with Gasteiger partial charge in [-0.15, -0.1) is 11.8 Å². The SMILES string of the molecule is COc1ccc(C(=O)NCCn2cc(SCC(=O)Nc3nc4ccc(C)cc4s3)c3ccccc32)cc1. The number of carbonyl (C=O) groups excluding carboxylic acids is 2. The van der Waals surface area contributed by atoms with Crippen LogP contribution < -0.4 is 15.4 Å². The molecule has 2 heterocycles. The maximum Gasteiger partial charge on any atom is 0.251 e. The molecule has 0 spiro atoms. The average Bonchev–Trinajstić information content (AvgIpc) is 3.47. The van der Waals surface area contributed by atoms with E-state index < -0.39 is 0 Å². The van der Waals surface area contributed by atoms with Gasteiger partial charge in [0.2, 0.25) is 5.91 Å². The van der Waals surface area contributed by atoms with E-state index in [4.69, 9.17) is 4.74 Å². The highest BCUT2D eigenvalue weighted by Crippen LogP contribution is 2.31. The Bertz CT molecular complexity index is 1570. The van der Waals surface area contributed by atoms with Gasteiger partial charge >= 0.3 is 0 Å². The summed E-state index contributed by atoms with van der Waals surface area (Å²) in [5.41, 5.74) is 3.70. The number of thioether (sulfide) groups is 1. The predicted molar refractivity (Wildman–Crippen MR) is 151 cm³/mol. The van der Waals surface area contributed by atoms with Crippen LogP contribution in [0, 0.1) is 6.92 Å². The fourth-order valence-electron chi connectivity index (χ4n) is 4.03. The summed E-state index contributed by atoms with van der Waals surface area (Å²) in [6.45, 7) is 3.13. The van der Waals surface area contributed by atoms with Crippen molar-refractivity contribution in [3.8, 4) is 5.75 Å². The topological polar surface area (TPSA) is 85.2 Å². The van der Waals surface area contributed by atoms with Gasteiger partial charge in [0, 0.05) is 40.6 Å². The van der Waals surface area contributed by atoms with Crippen LogP contribution in [0.5, 0.6) is 5.75 Å². The zero-order chi connectivity index (χ0) is 25.8. The fourth-order valence-corrected chi connectivity index (χ4v) is 5.90. The number of methoxy groups -OCH3 is 1. The number of thiazole rings is 1. The van der Waals surface area contributed by atoms with E-state index in [2.05, 4.69) is 32.3 Å². The lowest BCUT2D eigenvalue weighted by atomic mass is 10.2. The molecule has 0 unspecified atom stereocenters. The summed E-state index contributed by atoms with van der Waals surface area (Å²) >= 11 is 2.97. The standard InChI is InChI=1S/C28H26N4O3S2/c1-18-7-12-22-24(15-18)37-28(30-22)31-26(33)17-36-25-16-32(23-6-4-3-5-21(23)25)14-13-29-27(34)19-8-10-20(35-2)11-9-19/h3-12,15-16H,13-14,17H2,1-2H3,(H,29,34)(H,30,31,33). The van der Waals surface area contributed by atoms with Crippen LogP contribution in [0.3, 0.4) is 0 Å². The predicted octanol–water partition coefficient (Wildman–Crippen LogP) is 5.73. The Morgan fingerprint density at radius 3 is 2.70 bits per heavy atom. The average molecular weight is 531 g/mol. The molecule has 2 amide bonds. The van der Waals surface area contributed by atoms with Crippen LogP contribution in [0.4, 0.5) is 5.13 Å². The molecule has 0 saturated heterocycles. The molecule has 0 aliphatic rings. The van der Waals surface area contributed by atoms with Crippen LogP contribution in [0.2, 0.25) is 0 Å². The van der Waals surface area contributed by atoms with Crippen molar-refractivity contribution in [3.05, 3.63) is 84.1 Å². The molecule has 2 aromatic heterocycles. The molecule has 0 aliphatic carbocycles. The summed E-state index contributed by atoms with van der Waals surface area (Å²) in [5, 5.41) is 7.60. The molecule has 0 aliphatic heterocycles. The van der Waals surface area contributed by atoms with E-state index in [-0.39, 0.29) is 17.6 Å². The van der Waals surface area contributed by atoms with Crippen LogP contribution in [0.1, 0.15) is 15.9 Å². The molecule has 7 nitrogen and oxygen atoms in total. The number of hydrogen-bond acceptors (Lipinski definition) is 6. The first-order valence-corrected chi connectivity index (χ1v) is 13.6. The minimum atomic E-state index is -0.129. The van der Waals surface area contributed by atoms with Crippen molar-refractivity contribution >= 4 is 61.2 Å². The Hall–Kier alpha value is -3.82. The summed E-state index contributed by atoms with van der Waals surface area (Å²) in [7, 11) is 1.60. The molecule has 188 valence electrons. The Labute approximate surface area is 222 Å². The third kappa shape index (κ3) is 5.79. The summed E-state index contributed by atoms with van der Waals surface area (Å²) < 4.78 is 8.32. The molecule has 5 aromatic rings. The number of aryl methyl sites for hydroxylation is 1. The molecular formula is C28H26N4O3S2. The number of ether oxygens (including phenoxy) is 1. The first-order valence-electron chi connectivity index (χ1n) is 11.8. The molecule has 0 saturated carbocycles. The first-order chi connectivity index (χ1) is 18.0. The van der Waals surface area contributed by atoms with Crippen LogP contribution in [-0.2, 0) is 11.3 Å². The molecule has 9 heteroatoms. The number of hydrogen-bond donors (Lipinski definition) is 2. The highest BCUT2D eigenvalue weighted by molar-refractivity contribution is 8.00. The lowest BCUT2D eigenvalue weighted by Gasteiger charge is -2.08. The Balaban J connectivity index is 1.20. The van der Waals surface area contributed by atoms with Gasteiger partial charge in [0.1, 0.15) is 5.75 Å². The summed E-state index contributed by atoms with van der Waals surface area (Å²) in [6.07, 6.45) is 2.04. The monoisotopic (exact) mass is 530 g/mol. The third-order valence-electron chi connectivity index (χ3n) is 5.89. The maximum atomic E-state index is 12.7. The van der Waals surface area contributed by atoms with E-state index in [1.165, 1.54) is 28.7 Å². The van der Waals surface area contributed by atoms with Gasteiger partial charge in [-0.1, -0.05) is 35.6 Å². The molecule has 0 atom stereocenters. The zero-order valence-electron chi connectivity index (χ0n) is 20.5. The van der Waals surface area contributed by atoms with E-state index in [0.29, 0.717) is 29.5 Å². The number of benzene rings is 3. The fraction of sp³-hybridized carbons (Fsp3) is 0.179. The highest BCUT2D eigenvalue weighted by Gasteiger charge is 2.13. The number of aromatic nitrogens is 2.